The Bertz CT molecular complexity index is 1030. The summed E-state index contributed by atoms with van der Waals surface area (Å²) in [6.07, 6.45) is 0.943. The van der Waals surface area contributed by atoms with Gasteiger partial charge in [0.15, 0.2) is 0 Å². The van der Waals surface area contributed by atoms with Crippen LogP contribution in [0, 0.1) is 12.7 Å². The molecule has 9 heteroatoms. The first-order valence-electron chi connectivity index (χ1n) is 9.33. The third-order valence-electron chi connectivity index (χ3n) is 4.62. The Labute approximate surface area is 176 Å². The topological polar surface area (TPSA) is 86.8 Å². The van der Waals surface area contributed by atoms with E-state index in [1.165, 1.54) is 30.1 Å². The zero-order chi connectivity index (χ0) is 22.5. The highest BCUT2D eigenvalue weighted by Crippen LogP contribution is 2.20. The average Bonchev–Trinajstić information content (AvgIpc) is 2.68. The second kappa shape index (κ2) is 9.71. The maximum absolute atomic E-state index is 13.6. The van der Waals surface area contributed by atoms with Crippen LogP contribution in [0.3, 0.4) is 0 Å². The first kappa shape index (κ1) is 23.3. The number of nitrogens with one attached hydrogen (secondary N) is 1. The fourth-order valence-corrected chi connectivity index (χ4v) is 3.89. The van der Waals surface area contributed by atoms with Gasteiger partial charge in [-0.2, -0.15) is 0 Å². The van der Waals surface area contributed by atoms with Gasteiger partial charge in [0.2, 0.25) is 21.8 Å². The minimum absolute atomic E-state index is 0.0361. The smallest absolute Gasteiger partial charge is 0.244 e. The van der Waals surface area contributed by atoms with E-state index in [0.717, 1.165) is 27.8 Å². The molecule has 0 spiro atoms. The number of aryl methyl sites for hydroxylation is 1. The lowest BCUT2D eigenvalue weighted by atomic mass is 10.1. The first-order valence-corrected chi connectivity index (χ1v) is 11.2. The van der Waals surface area contributed by atoms with E-state index >= 15 is 0 Å². The van der Waals surface area contributed by atoms with Crippen molar-refractivity contribution in [2.75, 3.05) is 24.2 Å². The lowest BCUT2D eigenvalue weighted by Crippen LogP contribution is -2.50. The van der Waals surface area contributed by atoms with Crippen LogP contribution in [-0.4, -0.2) is 51.0 Å². The normalized spacial score (nSPS) is 12.2. The van der Waals surface area contributed by atoms with E-state index in [2.05, 4.69) is 5.32 Å². The molecule has 0 aromatic heterocycles. The number of likely N-dealkylation sites (N-methyl/N-ethyl adjacent to an activating group) is 1. The van der Waals surface area contributed by atoms with Crippen LogP contribution in [0.2, 0.25) is 0 Å². The summed E-state index contributed by atoms with van der Waals surface area (Å²) < 4.78 is 39.1. The van der Waals surface area contributed by atoms with Gasteiger partial charge in [-0.25, -0.2) is 12.8 Å². The summed E-state index contributed by atoms with van der Waals surface area (Å²) in [5.41, 5.74) is 1.83. The minimum atomic E-state index is -3.88. The van der Waals surface area contributed by atoms with Gasteiger partial charge in [-0.05, 0) is 37.6 Å². The minimum Gasteiger partial charge on any atom is -0.357 e. The van der Waals surface area contributed by atoms with Gasteiger partial charge in [0.25, 0.3) is 0 Å². The third-order valence-corrected chi connectivity index (χ3v) is 5.77. The summed E-state index contributed by atoms with van der Waals surface area (Å²) in [6, 6.07) is 11.6. The number of carbonyl (C=O) groups is 2. The summed E-state index contributed by atoms with van der Waals surface area (Å²) in [4.78, 5) is 26.7. The fourth-order valence-electron chi connectivity index (χ4n) is 3.04. The number of hydrogen-bond acceptors (Lipinski definition) is 4. The molecule has 2 aromatic rings. The molecule has 0 unspecified atom stereocenters. The largest absolute Gasteiger partial charge is 0.357 e. The van der Waals surface area contributed by atoms with Gasteiger partial charge < -0.3 is 10.2 Å². The Morgan fingerprint density at radius 2 is 1.80 bits per heavy atom. The second-order valence-electron chi connectivity index (χ2n) is 7.05. The molecule has 1 atom stereocenters. The van der Waals surface area contributed by atoms with Crippen molar-refractivity contribution in [1.29, 1.82) is 0 Å². The highest BCUT2D eigenvalue weighted by Gasteiger charge is 2.29. The predicted molar refractivity (Wildman–Crippen MR) is 114 cm³/mol. The number of carbonyl (C=O) groups excluding carboxylic acids is 2. The monoisotopic (exact) mass is 435 g/mol. The third kappa shape index (κ3) is 6.03. The molecule has 0 heterocycles. The van der Waals surface area contributed by atoms with Crippen LogP contribution in [0.1, 0.15) is 18.1 Å². The van der Waals surface area contributed by atoms with E-state index < -0.39 is 34.3 Å². The van der Waals surface area contributed by atoms with E-state index in [9.17, 15) is 22.4 Å². The molecule has 0 saturated carbocycles. The molecule has 0 aliphatic heterocycles. The molecule has 0 aliphatic rings. The molecule has 0 saturated heterocycles. The van der Waals surface area contributed by atoms with Crippen LogP contribution >= 0.6 is 0 Å². The first-order chi connectivity index (χ1) is 14.0. The number of nitrogens with zero attached hydrogens (tertiary/aromatic N) is 2. The molecule has 0 aliphatic carbocycles. The molecule has 0 fully saturated rings. The van der Waals surface area contributed by atoms with Gasteiger partial charge in [-0.1, -0.05) is 35.9 Å². The maximum atomic E-state index is 13.6. The standard InChI is InChI=1S/C21H26FN3O4S/c1-15-7-5-8-17(11-15)13-24(16(2)21(27)23-3)20(26)14-25(30(4,28)29)19-10-6-9-18(22)12-19/h5-12,16H,13-14H2,1-4H3,(H,23,27)/t16-/m0/s1. The summed E-state index contributed by atoms with van der Waals surface area (Å²) >= 11 is 0. The lowest BCUT2D eigenvalue weighted by Gasteiger charge is -2.31. The number of hydrogen-bond donors (Lipinski definition) is 1. The van der Waals surface area contributed by atoms with Crippen LogP contribution < -0.4 is 9.62 Å². The van der Waals surface area contributed by atoms with E-state index in [0.29, 0.717) is 0 Å². The Hall–Kier alpha value is -2.94. The maximum Gasteiger partial charge on any atom is 0.244 e. The van der Waals surface area contributed by atoms with E-state index in [1.807, 2.05) is 31.2 Å². The average molecular weight is 436 g/mol. The lowest BCUT2D eigenvalue weighted by molar-refractivity contribution is -0.139. The molecule has 2 aromatic carbocycles. The Kier molecular flexibility index (Phi) is 7.55. The summed E-state index contributed by atoms with van der Waals surface area (Å²) in [5, 5.41) is 2.51. The van der Waals surface area contributed by atoms with E-state index in [4.69, 9.17) is 0 Å². The van der Waals surface area contributed by atoms with Crippen molar-refractivity contribution >= 4 is 27.5 Å². The van der Waals surface area contributed by atoms with Gasteiger partial charge in [0.1, 0.15) is 18.4 Å². The number of amides is 2. The quantitative estimate of drug-likeness (QED) is 0.688. The number of anilines is 1. The van der Waals surface area contributed by atoms with Crippen molar-refractivity contribution in [3.8, 4) is 0 Å². The van der Waals surface area contributed by atoms with Gasteiger partial charge >= 0.3 is 0 Å². The van der Waals surface area contributed by atoms with E-state index in [-0.39, 0.29) is 18.1 Å². The van der Waals surface area contributed by atoms with Crippen LogP contribution in [0.5, 0.6) is 0 Å². The van der Waals surface area contributed by atoms with Crippen molar-refractivity contribution in [3.05, 3.63) is 65.5 Å². The Balaban J connectivity index is 2.38. The number of sulfonamides is 1. The van der Waals surface area contributed by atoms with Crippen LogP contribution in [0.25, 0.3) is 0 Å². The van der Waals surface area contributed by atoms with Crippen molar-refractivity contribution in [1.82, 2.24) is 10.2 Å². The van der Waals surface area contributed by atoms with Crippen molar-refractivity contribution in [2.45, 2.75) is 26.4 Å². The van der Waals surface area contributed by atoms with Crippen LogP contribution in [-0.2, 0) is 26.2 Å². The Morgan fingerprint density at radius 3 is 2.37 bits per heavy atom. The number of rotatable bonds is 8. The zero-order valence-electron chi connectivity index (χ0n) is 17.4. The predicted octanol–water partition coefficient (Wildman–Crippen LogP) is 2.06. The highest BCUT2D eigenvalue weighted by molar-refractivity contribution is 7.92. The van der Waals surface area contributed by atoms with Crippen molar-refractivity contribution in [2.24, 2.45) is 0 Å². The summed E-state index contributed by atoms with van der Waals surface area (Å²) in [7, 11) is -2.41. The van der Waals surface area contributed by atoms with Gasteiger partial charge in [-0.3, -0.25) is 13.9 Å². The second-order valence-corrected chi connectivity index (χ2v) is 8.96. The molecule has 2 rings (SSSR count). The molecule has 162 valence electrons. The number of halogens is 1. The number of benzene rings is 2. The molecule has 0 radical (unpaired) electrons. The summed E-state index contributed by atoms with van der Waals surface area (Å²) in [6.45, 7) is 3.04. The molecular formula is C21H26FN3O4S. The van der Waals surface area contributed by atoms with Gasteiger partial charge in [-0.15, -0.1) is 0 Å². The molecule has 7 nitrogen and oxygen atoms in total. The van der Waals surface area contributed by atoms with E-state index in [1.54, 1.807) is 6.92 Å². The molecular weight excluding hydrogens is 409 g/mol. The molecule has 30 heavy (non-hydrogen) atoms. The summed E-state index contributed by atoms with van der Waals surface area (Å²) in [5.74, 6) is -1.58. The zero-order valence-corrected chi connectivity index (χ0v) is 18.2. The molecule has 1 N–H and O–H groups in total. The van der Waals surface area contributed by atoms with Crippen molar-refractivity contribution in [3.63, 3.8) is 0 Å². The van der Waals surface area contributed by atoms with Crippen molar-refractivity contribution < 1.29 is 22.4 Å². The van der Waals surface area contributed by atoms with Crippen LogP contribution in [0.4, 0.5) is 10.1 Å². The SMILES string of the molecule is CNC(=O)[C@H](C)N(Cc1cccc(C)c1)C(=O)CN(c1cccc(F)c1)S(C)(=O)=O. The fraction of sp³-hybridized carbons (Fsp3) is 0.333. The molecule has 0 bridgehead atoms. The van der Waals surface area contributed by atoms with Gasteiger partial charge in [0.05, 0.1) is 11.9 Å². The highest BCUT2D eigenvalue weighted by atomic mass is 32.2. The van der Waals surface area contributed by atoms with Gasteiger partial charge in [0, 0.05) is 13.6 Å². The molecule has 2 amide bonds. The van der Waals surface area contributed by atoms with Crippen LogP contribution in [0.15, 0.2) is 48.5 Å². The Morgan fingerprint density at radius 1 is 1.13 bits per heavy atom.